The van der Waals surface area contributed by atoms with E-state index in [9.17, 15) is 0 Å². The van der Waals surface area contributed by atoms with Crippen molar-refractivity contribution >= 4 is 17.6 Å². The van der Waals surface area contributed by atoms with Crippen LogP contribution in [0, 0.1) is 0 Å². The summed E-state index contributed by atoms with van der Waals surface area (Å²) in [5.74, 6) is 2.50. The van der Waals surface area contributed by atoms with Crippen molar-refractivity contribution in [2.24, 2.45) is 5.73 Å². The molecule has 7 nitrogen and oxygen atoms in total. The second kappa shape index (κ2) is 9.75. The molecular formula is C26H29N7. The number of hydrogen-bond acceptors (Lipinski definition) is 7. The lowest BCUT2D eigenvalue weighted by Gasteiger charge is -2.23. The number of hydrogen-bond donors (Lipinski definition) is 2. The smallest absolute Gasteiger partial charge is 0.221 e. The average Bonchev–Trinajstić information content (AvgIpc) is 2.84. The van der Waals surface area contributed by atoms with E-state index in [0.717, 1.165) is 34.7 Å². The second-order valence-electron chi connectivity index (χ2n) is 8.31. The standard InChI is InChI=1S/C26H29N7/c1-17(14-19-8-7-11-21(15-19)18(2)27)22-16-30-26(28)32-25(22)33(3)23-12-13-29-24(31-23)20-9-5-4-6-10-20/h4-13,15-18H,14,27H2,1-3H3,(H2,28,30,32)/t17-,18-/m0/s1. The lowest BCUT2D eigenvalue weighted by atomic mass is 9.93. The number of nitrogen functional groups attached to an aromatic ring is 1. The van der Waals surface area contributed by atoms with E-state index in [-0.39, 0.29) is 17.9 Å². The van der Waals surface area contributed by atoms with Gasteiger partial charge in [0, 0.05) is 36.6 Å². The van der Waals surface area contributed by atoms with E-state index in [0.29, 0.717) is 5.82 Å². The maximum atomic E-state index is 6.07. The monoisotopic (exact) mass is 439 g/mol. The van der Waals surface area contributed by atoms with E-state index in [1.807, 2.05) is 61.5 Å². The number of aromatic nitrogens is 4. The van der Waals surface area contributed by atoms with Gasteiger partial charge in [-0.3, -0.25) is 0 Å². The van der Waals surface area contributed by atoms with Crippen molar-refractivity contribution in [3.63, 3.8) is 0 Å². The van der Waals surface area contributed by atoms with Crippen LogP contribution in [0.1, 0.15) is 42.5 Å². The SMILES string of the molecule is C[C@H](N)c1cccc(C[C@H](C)c2cnc(N)nc2N(C)c2ccnc(-c3ccccc3)n2)c1. The molecule has 0 aliphatic rings. The highest BCUT2D eigenvalue weighted by molar-refractivity contribution is 5.63. The molecule has 2 heterocycles. The quantitative estimate of drug-likeness (QED) is 0.431. The van der Waals surface area contributed by atoms with Gasteiger partial charge < -0.3 is 16.4 Å². The van der Waals surface area contributed by atoms with Gasteiger partial charge in [-0.25, -0.2) is 15.0 Å². The summed E-state index contributed by atoms with van der Waals surface area (Å²) in [5, 5.41) is 0. The van der Waals surface area contributed by atoms with Crippen LogP contribution in [0.5, 0.6) is 0 Å². The Kier molecular flexibility index (Phi) is 6.60. The third kappa shape index (κ3) is 5.15. The molecule has 0 amide bonds. The van der Waals surface area contributed by atoms with E-state index < -0.39 is 0 Å². The van der Waals surface area contributed by atoms with E-state index in [1.54, 1.807) is 6.20 Å². The van der Waals surface area contributed by atoms with Crippen LogP contribution in [0.3, 0.4) is 0 Å². The molecule has 4 rings (SSSR count). The first-order valence-corrected chi connectivity index (χ1v) is 11.0. The molecule has 0 saturated heterocycles. The normalized spacial score (nSPS) is 12.8. The minimum atomic E-state index is -0.00150. The van der Waals surface area contributed by atoms with Crippen LogP contribution in [0.4, 0.5) is 17.6 Å². The van der Waals surface area contributed by atoms with Crippen LogP contribution in [-0.2, 0) is 6.42 Å². The predicted molar refractivity (Wildman–Crippen MR) is 133 cm³/mol. The van der Waals surface area contributed by atoms with Gasteiger partial charge in [-0.05, 0) is 36.5 Å². The Hall–Kier alpha value is -3.84. The number of anilines is 3. The maximum Gasteiger partial charge on any atom is 0.221 e. The van der Waals surface area contributed by atoms with Crippen molar-refractivity contribution < 1.29 is 0 Å². The summed E-state index contributed by atoms with van der Waals surface area (Å²) in [5.41, 5.74) is 16.3. The number of rotatable bonds is 7. The molecule has 0 saturated carbocycles. The lowest BCUT2D eigenvalue weighted by molar-refractivity contribution is 0.741. The van der Waals surface area contributed by atoms with E-state index in [4.69, 9.17) is 16.5 Å². The van der Waals surface area contributed by atoms with Gasteiger partial charge in [0.2, 0.25) is 5.95 Å². The third-order valence-corrected chi connectivity index (χ3v) is 5.70. The number of nitrogens with zero attached hydrogens (tertiary/aromatic N) is 5. The van der Waals surface area contributed by atoms with Gasteiger partial charge >= 0.3 is 0 Å². The molecule has 4 N–H and O–H groups in total. The predicted octanol–water partition coefficient (Wildman–Crippen LogP) is 4.65. The molecule has 0 fully saturated rings. The number of benzene rings is 2. The fourth-order valence-corrected chi connectivity index (χ4v) is 3.85. The van der Waals surface area contributed by atoms with Crippen molar-refractivity contribution in [3.05, 3.63) is 89.7 Å². The molecule has 2 atom stereocenters. The summed E-state index contributed by atoms with van der Waals surface area (Å²) < 4.78 is 0. The highest BCUT2D eigenvalue weighted by Gasteiger charge is 2.19. The summed E-state index contributed by atoms with van der Waals surface area (Å²) in [7, 11) is 1.94. The average molecular weight is 440 g/mol. The molecule has 0 unspecified atom stereocenters. The molecule has 0 aliphatic carbocycles. The first-order chi connectivity index (χ1) is 15.9. The van der Waals surface area contributed by atoms with Crippen LogP contribution in [0.15, 0.2) is 73.1 Å². The van der Waals surface area contributed by atoms with Crippen molar-refractivity contribution in [2.75, 3.05) is 17.7 Å². The first kappa shape index (κ1) is 22.4. The molecule has 4 aromatic rings. The first-order valence-electron chi connectivity index (χ1n) is 11.0. The Bertz CT molecular complexity index is 1220. The molecule has 2 aromatic heterocycles. The van der Waals surface area contributed by atoms with E-state index >= 15 is 0 Å². The molecule has 0 radical (unpaired) electrons. The Labute approximate surface area is 194 Å². The number of nitrogens with two attached hydrogens (primary N) is 2. The Morgan fingerprint density at radius 1 is 0.939 bits per heavy atom. The highest BCUT2D eigenvalue weighted by atomic mass is 15.2. The molecule has 0 aliphatic heterocycles. The van der Waals surface area contributed by atoms with Crippen LogP contribution in [0.25, 0.3) is 11.4 Å². The van der Waals surface area contributed by atoms with Crippen molar-refractivity contribution in [1.82, 2.24) is 19.9 Å². The minimum Gasteiger partial charge on any atom is -0.368 e. The van der Waals surface area contributed by atoms with Crippen molar-refractivity contribution in [1.29, 1.82) is 0 Å². The minimum absolute atomic E-state index is 0.00150. The van der Waals surface area contributed by atoms with E-state index in [1.165, 1.54) is 5.56 Å². The summed E-state index contributed by atoms with van der Waals surface area (Å²) in [4.78, 5) is 20.0. The van der Waals surface area contributed by atoms with Gasteiger partial charge in [-0.1, -0.05) is 61.5 Å². The third-order valence-electron chi connectivity index (χ3n) is 5.70. The topological polar surface area (TPSA) is 107 Å². The fraction of sp³-hybridized carbons (Fsp3) is 0.231. The fourth-order valence-electron chi connectivity index (χ4n) is 3.85. The van der Waals surface area contributed by atoms with Gasteiger partial charge in [-0.15, -0.1) is 0 Å². The van der Waals surface area contributed by atoms with Gasteiger partial charge in [0.05, 0.1) is 0 Å². The maximum absolute atomic E-state index is 6.07. The molecule has 0 bridgehead atoms. The Balaban J connectivity index is 1.65. The highest BCUT2D eigenvalue weighted by Crippen LogP contribution is 2.32. The van der Waals surface area contributed by atoms with Gasteiger partial charge in [0.25, 0.3) is 0 Å². The molecule has 2 aromatic carbocycles. The molecular weight excluding hydrogens is 410 g/mol. The summed E-state index contributed by atoms with van der Waals surface area (Å²) in [6, 6.07) is 20.2. The molecule has 33 heavy (non-hydrogen) atoms. The van der Waals surface area contributed by atoms with Crippen LogP contribution >= 0.6 is 0 Å². The van der Waals surface area contributed by atoms with Gasteiger partial charge in [-0.2, -0.15) is 4.98 Å². The summed E-state index contributed by atoms with van der Waals surface area (Å²) in [6.07, 6.45) is 4.40. The molecule has 0 spiro atoms. The van der Waals surface area contributed by atoms with Crippen LogP contribution < -0.4 is 16.4 Å². The zero-order chi connectivity index (χ0) is 23.4. The Morgan fingerprint density at radius 2 is 1.73 bits per heavy atom. The lowest BCUT2D eigenvalue weighted by Crippen LogP contribution is -2.18. The summed E-state index contributed by atoms with van der Waals surface area (Å²) in [6.45, 7) is 4.16. The largest absolute Gasteiger partial charge is 0.368 e. The van der Waals surface area contributed by atoms with E-state index in [2.05, 4.69) is 46.1 Å². The zero-order valence-corrected chi connectivity index (χ0v) is 19.2. The van der Waals surface area contributed by atoms with Gasteiger partial charge in [0.15, 0.2) is 5.82 Å². The summed E-state index contributed by atoms with van der Waals surface area (Å²) >= 11 is 0. The molecule has 168 valence electrons. The second-order valence-corrected chi connectivity index (χ2v) is 8.31. The zero-order valence-electron chi connectivity index (χ0n) is 19.2. The van der Waals surface area contributed by atoms with Crippen LogP contribution in [-0.4, -0.2) is 27.0 Å². The molecule has 7 heteroatoms. The van der Waals surface area contributed by atoms with Crippen LogP contribution in [0.2, 0.25) is 0 Å². The van der Waals surface area contributed by atoms with Crippen molar-refractivity contribution in [3.8, 4) is 11.4 Å². The Morgan fingerprint density at radius 3 is 2.48 bits per heavy atom. The van der Waals surface area contributed by atoms with Crippen molar-refractivity contribution in [2.45, 2.75) is 32.2 Å². The van der Waals surface area contributed by atoms with Gasteiger partial charge in [0.1, 0.15) is 11.6 Å².